The molecule has 3 unspecified atom stereocenters. The number of likely N-dealkylation sites (tertiary alicyclic amines) is 1. The smallest absolute Gasteiger partial charge is 0.0698 e. The highest BCUT2D eigenvalue weighted by Crippen LogP contribution is 2.33. The van der Waals surface area contributed by atoms with Crippen LogP contribution in [0.5, 0.6) is 0 Å². The first-order chi connectivity index (χ1) is 9.67. The van der Waals surface area contributed by atoms with Gasteiger partial charge < -0.3 is 10.5 Å². The molecule has 1 saturated heterocycles. The maximum atomic E-state index is 6.43. The molecule has 0 bridgehead atoms. The van der Waals surface area contributed by atoms with Crippen LogP contribution in [0.4, 0.5) is 0 Å². The van der Waals surface area contributed by atoms with Gasteiger partial charge in [-0.25, -0.2) is 0 Å². The summed E-state index contributed by atoms with van der Waals surface area (Å²) in [5.74, 6) is 0. The molecular weight excluding hydrogens is 316 g/mol. The monoisotopic (exact) mass is 340 g/mol. The number of halogens is 1. The predicted molar refractivity (Wildman–Crippen MR) is 86.8 cm³/mol. The van der Waals surface area contributed by atoms with Crippen molar-refractivity contribution in [3.63, 3.8) is 0 Å². The van der Waals surface area contributed by atoms with Crippen LogP contribution in [0.2, 0.25) is 0 Å². The second-order valence-corrected chi connectivity index (χ2v) is 6.39. The van der Waals surface area contributed by atoms with Crippen LogP contribution in [0.1, 0.15) is 37.8 Å². The minimum absolute atomic E-state index is 0.143. The summed E-state index contributed by atoms with van der Waals surface area (Å²) >= 11 is 3.68. The Hall–Kier alpha value is -0.420. The Labute approximate surface area is 130 Å². The summed E-state index contributed by atoms with van der Waals surface area (Å²) in [6, 6.07) is 8.82. The van der Waals surface area contributed by atoms with Crippen molar-refractivity contribution in [2.45, 2.75) is 44.4 Å². The van der Waals surface area contributed by atoms with E-state index >= 15 is 0 Å². The topological polar surface area (TPSA) is 38.5 Å². The molecule has 0 aliphatic carbocycles. The summed E-state index contributed by atoms with van der Waals surface area (Å²) in [6.07, 6.45) is 3.63. The molecule has 0 radical (unpaired) electrons. The van der Waals surface area contributed by atoms with E-state index in [1.54, 1.807) is 7.11 Å². The van der Waals surface area contributed by atoms with Gasteiger partial charge in [-0.05, 0) is 37.4 Å². The quantitative estimate of drug-likeness (QED) is 0.893. The Morgan fingerprint density at radius 1 is 1.45 bits per heavy atom. The van der Waals surface area contributed by atoms with Gasteiger partial charge in [0, 0.05) is 24.2 Å². The lowest BCUT2D eigenvalue weighted by atomic mass is 9.94. The van der Waals surface area contributed by atoms with Crippen LogP contribution < -0.4 is 5.73 Å². The van der Waals surface area contributed by atoms with Crippen LogP contribution in [-0.4, -0.2) is 37.2 Å². The van der Waals surface area contributed by atoms with Crippen molar-refractivity contribution in [3.8, 4) is 0 Å². The molecule has 1 aliphatic rings. The lowest BCUT2D eigenvalue weighted by Gasteiger charge is -2.40. The summed E-state index contributed by atoms with van der Waals surface area (Å²) in [7, 11) is 1.81. The van der Waals surface area contributed by atoms with Gasteiger partial charge in [0.15, 0.2) is 0 Å². The van der Waals surface area contributed by atoms with Crippen molar-refractivity contribution in [3.05, 3.63) is 34.3 Å². The van der Waals surface area contributed by atoms with Gasteiger partial charge in [0.2, 0.25) is 0 Å². The molecular formula is C16H25BrN2O. The number of hydrogen-bond donors (Lipinski definition) is 1. The van der Waals surface area contributed by atoms with E-state index in [1.165, 1.54) is 12.0 Å². The Bertz CT molecular complexity index is 427. The molecule has 2 N–H and O–H groups in total. The van der Waals surface area contributed by atoms with Crippen LogP contribution in [0.3, 0.4) is 0 Å². The van der Waals surface area contributed by atoms with Gasteiger partial charge in [0.05, 0.1) is 12.1 Å². The van der Waals surface area contributed by atoms with E-state index in [0.29, 0.717) is 6.10 Å². The summed E-state index contributed by atoms with van der Waals surface area (Å²) in [5.41, 5.74) is 7.72. The van der Waals surface area contributed by atoms with E-state index in [4.69, 9.17) is 10.5 Å². The summed E-state index contributed by atoms with van der Waals surface area (Å²) < 4.78 is 6.70. The maximum absolute atomic E-state index is 6.43. The second kappa shape index (κ2) is 7.55. The highest BCUT2D eigenvalue weighted by Gasteiger charge is 2.31. The minimum Gasteiger partial charge on any atom is -0.380 e. The molecule has 20 heavy (non-hydrogen) atoms. The number of rotatable bonds is 5. The van der Waals surface area contributed by atoms with E-state index in [-0.39, 0.29) is 12.1 Å². The number of nitrogens with two attached hydrogens (primary N) is 1. The van der Waals surface area contributed by atoms with Gasteiger partial charge in [-0.3, -0.25) is 4.90 Å². The average molecular weight is 341 g/mol. The zero-order chi connectivity index (χ0) is 14.5. The number of piperidine rings is 1. The van der Waals surface area contributed by atoms with Gasteiger partial charge in [-0.2, -0.15) is 0 Å². The first kappa shape index (κ1) is 16.0. The molecule has 112 valence electrons. The van der Waals surface area contributed by atoms with Gasteiger partial charge in [-0.1, -0.05) is 41.1 Å². The zero-order valence-corrected chi connectivity index (χ0v) is 14.0. The van der Waals surface area contributed by atoms with Crippen LogP contribution in [0.25, 0.3) is 0 Å². The first-order valence-electron chi connectivity index (χ1n) is 7.44. The highest BCUT2D eigenvalue weighted by atomic mass is 79.9. The molecule has 1 aromatic rings. The van der Waals surface area contributed by atoms with Crippen LogP contribution in [0, 0.1) is 0 Å². The number of methoxy groups -OCH3 is 1. The highest BCUT2D eigenvalue weighted by molar-refractivity contribution is 9.10. The Morgan fingerprint density at radius 2 is 2.20 bits per heavy atom. The molecule has 1 aliphatic heterocycles. The summed E-state index contributed by atoms with van der Waals surface area (Å²) in [6.45, 7) is 4.22. The van der Waals surface area contributed by atoms with Crippen molar-refractivity contribution < 1.29 is 4.74 Å². The van der Waals surface area contributed by atoms with E-state index < -0.39 is 0 Å². The standard InChI is InChI=1S/C16H25BrN2O/c1-3-15(18)16(13-8-4-5-9-14(13)17)19-10-6-7-12(11-19)20-2/h4-5,8-9,12,15-16H,3,6-7,10-11,18H2,1-2H3. The molecule has 4 heteroatoms. The summed E-state index contributed by atoms with van der Waals surface area (Å²) in [5, 5.41) is 0. The lowest BCUT2D eigenvalue weighted by molar-refractivity contribution is 0.00886. The SMILES string of the molecule is CCC(N)C(c1ccccc1Br)N1CCCC(OC)C1. The van der Waals surface area contributed by atoms with Gasteiger partial charge in [0.25, 0.3) is 0 Å². The Balaban J connectivity index is 2.26. The second-order valence-electron chi connectivity index (χ2n) is 5.53. The third kappa shape index (κ3) is 3.61. The molecule has 1 fully saturated rings. The lowest BCUT2D eigenvalue weighted by Crippen LogP contribution is -2.47. The number of ether oxygens (including phenoxy) is 1. The summed E-state index contributed by atoms with van der Waals surface area (Å²) in [4.78, 5) is 2.49. The molecule has 0 aromatic heterocycles. The third-order valence-electron chi connectivity index (χ3n) is 4.24. The molecule has 3 atom stereocenters. The average Bonchev–Trinajstić information content (AvgIpc) is 2.49. The molecule has 1 aromatic carbocycles. The largest absolute Gasteiger partial charge is 0.380 e. The third-order valence-corrected chi connectivity index (χ3v) is 4.96. The fraction of sp³-hybridized carbons (Fsp3) is 0.625. The molecule has 0 spiro atoms. The maximum Gasteiger partial charge on any atom is 0.0698 e. The molecule has 0 saturated carbocycles. The van der Waals surface area contributed by atoms with E-state index in [9.17, 15) is 0 Å². The molecule has 2 rings (SSSR count). The van der Waals surface area contributed by atoms with Crippen molar-refractivity contribution >= 4 is 15.9 Å². The van der Waals surface area contributed by atoms with Crippen LogP contribution in [0.15, 0.2) is 28.7 Å². The Morgan fingerprint density at radius 3 is 2.85 bits per heavy atom. The van der Waals surface area contributed by atoms with Crippen molar-refractivity contribution in [2.24, 2.45) is 5.73 Å². The van der Waals surface area contributed by atoms with Gasteiger partial charge >= 0.3 is 0 Å². The van der Waals surface area contributed by atoms with E-state index in [2.05, 4.69) is 52.0 Å². The van der Waals surface area contributed by atoms with Crippen LogP contribution in [-0.2, 0) is 4.74 Å². The molecule has 1 heterocycles. The van der Waals surface area contributed by atoms with Crippen molar-refractivity contribution in [1.82, 2.24) is 4.90 Å². The fourth-order valence-corrected chi connectivity index (χ4v) is 3.57. The van der Waals surface area contributed by atoms with E-state index in [0.717, 1.165) is 30.4 Å². The van der Waals surface area contributed by atoms with Crippen molar-refractivity contribution in [1.29, 1.82) is 0 Å². The first-order valence-corrected chi connectivity index (χ1v) is 8.23. The fourth-order valence-electron chi connectivity index (χ4n) is 3.05. The Kier molecular flexibility index (Phi) is 6.02. The van der Waals surface area contributed by atoms with Crippen molar-refractivity contribution in [2.75, 3.05) is 20.2 Å². The molecule has 3 nitrogen and oxygen atoms in total. The van der Waals surface area contributed by atoms with Gasteiger partial charge in [0.1, 0.15) is 0 Å². The van der Waals surface area contributed by atoms with E-state index in [1.807, 2.05) is 0 Å². The number of hydrogen-bond acceptors (Lipinski definition) is 3. The number of nitrogens with zero attached hydrogens (tertiary/aromatic N) is 1. The number of benzene rings is 1. The van der Waals surface area contributed by atoms with Crippen LogP contribution >= 0.6 is 15.9 Å². The minimum atomic E-state index is 0.143. The molecule has 0 amide bonds. The van der Waals surface area contributed by atoms with Gasteiger partial charge in [-0.15, -0.1) is 0 Å². The zero-order valence-electron chi connectivity index (χ0n) is 12.4. The predicted octanol–water partition coefficient (Wildman–Crippen LogP) is 3.34. The normalized spacial score (nSPS) is 23.5.